The van der Waals surface area contributed by atoms with E-state index >= 15 is 0 Å². The van der Waals surface area contributed by atoms with E-state index in [1.54, 1.807) is 32.9 Å². The molecule has 0 atom stereocenters. The normalized spacial score (nSPS) is 11.3. The lowest BCUT2D eigenvalue weighted by Gasteiger charge is -2.09. The highest BCUT2D eigenvalue weighted by atomic mass is 32.2. The van der Waals surface area contributed by atoms with E-state index < -0.39 is 0 Å². The molecule has 0 unspecified atom stereocenters. The van der Waals surface area contributed by atoms with Gasteiger partial charge in [0.15, 0.2) is 11.6 Å². The van der Waals surface area contributed by atoms with Crippen molar-refractivity contribution in [3.05, 3.63) is 47.0 Å². The molecule has 0 radical (unpaired) electrons. The van der Waals surface area contributed by atoms with Gasteiger partial charge in [0, 0.05) is 24.3 Å². The summed E-state index contributed by atoms with van der Waals surface area (Å²) in [5.74, 6) is 15.6. The molecule has 0 aliphatic rings. The first-order valence-electron chi connectivity index (χ1n) is 10.3. The Kier molecular flexibility index (Phi) is 8.44. The van der Waals surface area contributed by atoms with Crippen LogP contribution in [0, 0.1) is 0 Å². The van der Waals surface area contributed by atoms with Gasteiger partial charge in [-0.05, 0) is 24.0 Å². The van der Waals surface area contributed by atoms with Crippen molar-refractivity contribution < 1.29 is 0 Å². The van der Waals surface area contributed by atoms with Gasteiger partial charge in [-0.25, -0.2) is 9.35 Å². The lowest BCUT2D eigenvalue weighted by Crippen LogP contribution is -2.14. The first-order chi connectivity index (χ1) is 14.6. The van der Waals surface area contributed by atoms with E-state index in [0.29, 0.717) is 0 Å². The smallest absolute Gasteiger partial charge is 0.210 e. The van der Waals surface area contributed by atoms with Crippen molar-refractivity contribution in [3.63, 3.8) is 0 Å². The third-order valence-electron chi connectivity index (χ3n) is 4.81. The van der Waals surface area contributed by atoms with Crippen LogP contribution in [0.3, 0.4) is 0 Å². The molecule has 1 aromatic carbocycles. The summed E-state index contributed by atoms with van der Waals surface area (Å²) in [7, 11) is 0. The topological polar surface area (TPSA) is 113 Å². The summed E-state index contributed by atoms with van der Waals surface area (Å²) in [6.07, 6.45) is 6.05. The molecule has 8 nitrogen and oxygen atoms in total. The second kappa shape index (κ2) is 11.3. The van der Waals surface area contributed by atoms with Gasteiger partial charge in [0.25, 0.3) is 0 Å². The molecule has 4 N–H and O–H groups in total. The standard InChI is InChI=1S/C20H30N8S2/c1-3-5-11-17-23-25-19(27(17)21)29-13-15-9-7-8-10-16(15)14-30-20-26-24-18(28(20)22)12-6-4-2/h7-10H,3-6,11-14,21-22H2,1-2H3. The quantitative estimate of drug-likeness (QED) is 0.321. The molecule has 3 rings (SSSR count). The van der Waals surface area contributed by atoms with Crippen molar-refractivity contribution in [2.24, 2.45) is 0 Å². The SMILES string of the molecule is CCCCc1nnc(SCc2ccccc2CSc2nnc(CCCC)n2N)n1N. The predicted octanol–water partition coefficient (Wildman–Crippen LogP) is 3.57. The minimum absolute atomic E-state index is 0.742. The van der Waals surface area contributed by atoms with Gasteiger partial charge in [-0.2, -0.15) is 0 Å². The summed E-state index contributed by atoms with van der Waals surface area (Å²) < 4.78 is 3.23. The van der Waals surface area contributed by atoms with E-state index in [4.69, 9.17) is 11.7 Å². The van der Waals surface area contributed by atoms with Crippen LogP contribution in [0.25, 0.3) is 0 Å². The zero-order valence-electron chi connectivity index (χ0n) is 17.6. The zero-order chi connectivity index (χ0) is 21.3. The first-order valence-corrected chi connectivity index (χ1v) is 12.3. The molecule has 0 amide bonds. The van der Waals surface area contributed by atoms with Gasteiger partial charge in [0.05, 0.1) is 0 Å². The molecular weight excluding hydrogens is 416 g/mol. The van der Waals surface area contributed by atoms with Crippen LogP contribution in [-0.4, -0.2) is 29.7 Å². The van der Waals surface area contributed by atoms with Crippen molar-refractivity contribution in [2.45, 2.75) is 74.2 Å². The summed E-state index contributed by atoms with van der Waals surface area (Å²) in [6, 6.07) is 8.38. The Bertz CT molecular complexity index is 862. The first kappa shape index (κ1) is 22.5. The summed E-state index contributed by atoms with van der Waals surface area (Å²) >= 11 is 3.21. The maximum atomic E-state index is 6.17. The molecular formula is C20H30N8S2. The highest BCUT2D eigenvalue weighted by molar-refractivity contribution is 7.98. The lowest BCUT2D eigenvalue weighted by atomic mass is 10.1. The molecule has 0 saturated carbocycles. The van der Waals surface area contributed by atoms with E-state index in [9.17, 15) is 0 Å². The highest BCUT2D eigenvalue weighted by Crippen LogP contribution is 2.27. The number of nitrogens with two attached hydrogens (primary N) is 2. The Morgan fingerprint density at radius 3 is 1.57 bits per heavy atom. The van der Waals surface area contributed by atoms with Gasteiger partial charge in [0.2, 0.25) is 10.3 Å². The third kappa shape index (κ3) is 5.69. The van der Waals surface area contributed by atoms with Gasteiger partial charge in [0.1, 0.15) is 0 Å². The Morgan fingerprint density at radius 1 is 0.733 bits per heavy atom. The van der Waals surface area contributed by atoms with Crippen molar-refractivity contribution in [1.29, 1.82) is 0 Å². The van der Waals surface area contributed by atoms with Gasteiger partial charge >= 0.3 is 0 Å². The molecule has 0 fully saturated rings. The predicted molar refractivity (Wildman–Crippen MR) is 123 cm³/mol. The van der Waals surface area contributed by atoms with E-state index in [0.717, 1.165) is 72.0 Å². The van der Waals surface area contributed by atoms with Crippen LogP contribution in [0.15, 0.2) is 34.6 Å². The van der Waals surface area contributed by atoms with Crippen LogP contribution < -0.4 is 11.7 Å². The zero-order valence-corrected chi connectivity index (χ0v) is 19.3. The van der Waals surface area contributed by atoms with E-state index in [1.807, 2.05) is 0 Å². The maximum Gasteiger partial charge on any atom is 0.210 e. The summed E-state index contributed by atoms with van der Waals surface area (Å²) in [5, 5.41) is 18.4. The lowest BCUT2D eigenvalue weighted by molar-refractivity contribution is 0.712. The summed E-state index contributed by atoms with van der Waals surface area (Å²) in [6.45, 7) is 4.31. The van der Waals surface area contributed by atoms with Gasteiger partial charge < -0.3 is 11.7 Å². The number of nitrogens with zero attached hydrogens (tertiary/aromatic N) is 6. The van der Waals surface area contributed by atoms with Crippen molar-refractivity contribution >= 4 is 23.5 Å². The number of hydrogen-bond acceptors (Lipinski definition) is 8. The largest absolute Gasteiger partial charge is 0.336 e. The molecule has 0 spiro atoms. The van der Waals surface area contributed by atoms with Crippen molar-refractivity contribution in [1.82, 2.24) is 29.7 Å². The van der Waals surface area contributed by atoms with Crippen molar-refractivity contribution in [3.8, 4) is 0 Å². The van der Waals surface area contributed by atoms with Gasteiger partial charge in [-0.1, -0.05) is 74.5 Å². The number of nitrogen functional groups attached to an aromatic ring is 2. The second-order valence-corrected chi connectivity index (χ2v) is 8.98. The monoisotopic (exact) mass is 446 g/mol. The molecule has 0 aliphatic carbocycles. The molecule has 30 heavy (non-hydrogen) atoms. The van der Waals surface area contributed by atoms with Crippen LogP contribution >= 0.6 is 23.5 Å². The van der Waals surface area contributed by atoms with E-state index in [2.05, 4.69) is 58.5 Å². The number of aromatic nitrogens is 6. The highest BCUT2D eigenvalue weighted by Gasteiger charge is 2.13. The van der Waals surface area contributed by atoms with Crippen molar-refractivity contribution in [2.75, 3.05) is 11.7 Å². The number of benzene rings is 1. The second-order valence-electron chi connectivity index (χ2n) is 7.09. The Balaban J connectivity index is 1.61. The number of aryl methyl sites for hydroxylation is 2. The Labute approximate surface area is 186 Å². The fourth-order valence-corrected chi connectivity index (χ4v) is 4.76. The molecule has 10 heteroatoms. The molecule has 0 aliphatic heterocycles. The Hall–Kier alpha value is -2.20. The van der Waals surface area contributed by atoms with Crippen LogP contribution in [0.1, 0.15) is 62.3 Å². The average molecular weight is 447 g/mol. The van der Waals surface area contributed by atoms with Crippen LogP contribution in [0.5, 0.6) is 0 Å². The van der Waals surface area contributed by atoms with Gasteiger partial charge in [-0.15, -0.1) is 20.4 Å². The molecule has 2 heterocycles. The van der Waals surface area contributed by atoms with Crippen LogP contribution in [0.2, 0.25) is 0 Å². The number of unbranched alkanes of at least 4 members (excludes halogenated alkanes) is 2. The Morgan fingerprint density at radius 2 is 1.17 bits per heavy atom. The number of hydrogen-bond donors (Lipinski definition) is 2. The molecule has 3 aromatic rings. The third-order valence-corrected chi connectivity index (χ3v) is 6.79. The fraction of sp³-hybridized carbons (Fsp3) is 0.500. The minimum atomic E-state index is 0.742. The number of thioether (sulfide) groups is 2. The fourth-order valence-electron chi connectivity index (χ4n) is 2.95. The maximum absolute atomic E-state index is 6.17. The average Bonchev–Trinajstić information content (AvgIpc) is 3.30. The molecule has 0 bridgehead atoms. The van der Waals surface area contributed by atoms with E-state index in [1.165, 1.54) is 11.1 Å². The molecule has 162 valence electrons. The van der Waals surface area contributed by atoms with E-state index in [-0.39, 0.29) is 0 Å². The van der Waals surface area contributed by atoms with Gasteiger partial charge in [-0.3, -0.25) is 0 Å². The summed E-state index contributed by atoms with van der Waals surface area (Å²) in [4.78, 5) is 0. The number of rotatable bonds is 12. The molecule has 0 saturated heterocycles. The minimum Gasteiger partial charge on any atom is -0.336 e. The summed E-state index contributed by atoms with van der Waals surface area (Å²) in [5.41, 5.74) is 2.48. The van der Waals surface area contributed by atoms with Crippen LogP contribution in [-0.2, 0) is 24.3 Å². The molecule has 2 aromatic heterocycles. The van der Waals surface area contributed by atoms with Crippen LogP contribution in [0.4, 0.5) is 0 Å².